The Morgan fingerprint density at radius 1 is 1.23 bits per heavy atom. The van der Waals surface area contributed by atoms with Gasteiger partial charge in [-0.05, 0) is 17.7 Å². The van der Waals surface area contributed by atoms with Gasteiger partial charge in [-0.1, -0.05) is 24.8 Å². The second-order valence-electron chi connectivity index (χ2n) is 2.09. The van der Waals surface area contributed by atoms with Crippen LogP contribution < -0.4 is 10.3 Å². The Hall–Kier alpha value is -1.33. The van der Waals surface area contributed by atoms with Crippen LogP contribution >= 0.6 is 0 Å². The molecule has 0 aliphatic carbocycles. The summed E-state index contributed by atoms with van der Waals surface area (Å²) < 4.78 is 24.7. The second-order valence-corrected chi connectivity index (χ2v) is 2.72. The van der Waals surface area contributed by atoms with Crippen molar-refractivity contribution in [2.45, 2.75) is 0 Å². The number of benzene rings is 1. The first kappa shape index (κ1) is 11.7. The Labute approximate surface area is 78.6 Å². The van der Waals surface area contributed by atoms with E-state index < -0.39 is 11.0 Å². The first-order valence-corrected chi connectivity index (χ1v) is 4.37. The third-order valence-corrected chi connectivity index (χ3v) is 1.66. The minimum atomic E-state index is -2.82. The Balaban J connectivity index is 0.00000144. The van der Waals surface area contributed by atoms with Gasteiger partial charge in [-0.25, -0.2) is 0 Å². The number of hydrogen-bond donors (Lipinski definition) is 2. The highest BCUT2D eigenvalue weighted by molar-refractivity contribution is 7.67. The largest absolute Gasteiger partial charge is 0.384 e. The normalized spacial score (nSPS) is 9.00. The van der Waals surface area contributed by atoms with E-state index in [2.05, 4.69) is 10.8 Å². The average molecular weight is 201 g/mol. The summed E-state index contributed by atoms with van der Waals surface area (Å²) in [6.45, 7) is 3.56. The van der Waals surface area contributed by atoms with E-state index in [0.29, 0.717) is 5.75 Å². The number of thiol groups is 1. The van der Waals surface area contributed by atoms with Crippen molar-refractivity contribution in [2.24, 2.45) is 0 Å². The molecule has 0 saturated heterocycles. The molecule has 1 aromatic carbocycles. The van der Waals surface area contributed by atoms with Gasteiger partial charge in [0.05, 0.1) is 0 Å². The predicted molar refractivity (Wildman–Crippen MR) is 52.5 cm³/mol. The lowest BCUT2D eigenvalue weighted by Gasteiger charge is -1.96. The van der Waals surface area contributed by atoms with Crippen LogP contribution in [0.1, 0.15) is 5.56 Å². The third kappa shape index (κ3) is 3.73. The van der Waals surface area contributed by atoms with E-state index in [4.69, 9.17) is 0 Å². The zero-order valence-corrected chi connectivity index (χ0v) is 7.87. The van der Waals surface area contributed by atoms with E-state index in [-0.39, 0.29) is 6.15 Å². The standard InChI is InChI=1S/C8H8O3S.H3N/c1-2-7-3-5-8(6-4-7)11-12(9)10;/h2-6,12H,1H2;1H3. The first-order valence-electron chi connectivity index (χ1n) is 3.27. The lowest BCUT2D eigenvalue weighted by Crippen LogP contribution is -1.88. The zero-order valence-electron chi connectivity index (χ0n) is 6.97. The molecule has 4 nitrogen and oxygen atoms in total. The molecule has 13 heavy (non-hydrogen) atoms. The molecule has 0 bridgehead atoms. The van der Waals surface area contributed by atoms with Crippen LogP contribution in [0, 0.1) is 0 Å². The van der Waals surface area contributed by atoms with Gasteiger partial charge in [0.2, 0.25) is 0 Å². The maximum Gasteiger partial charge on any atom is 0.299 e. The van der Waals surface area contributed by atoms with Gasteiger partial charge >= 0.3 is 0 Å². The van der Waals surface area contributed by atoms with Crippen LogP contribution in [-0.4, -0.2) is 8.42 Å². The summed E-state index contributed by atoms with van der Waals surface area (Å²) in [5.74, 6) is 0.316. The maximum atomic E-state index is 10.1. The summed E-state index contributed by atoms with van der Waals surface area (Å²) in [6, 6.07) is 6.59. The topological polar surface area (TPSA) is 78.4 Å². The van der Waals surface area contributed by atoms with E-state index in [1.165, 1.54) is 0 Å². The fraction of sp³-hybridized carbons (Fsp3) is 0. The summed E-state index contributed by atoms with van der Waals surface area (Å²) >= 11 is 0. The van der Waals surface area contributed by atoms with Crippen molar-refractivity contribution in [3.63, 3.8) is 0 Å². The minimum absolute atomic E-state index is 0. The van der Waals surface area contributed by atoms with Crippen LogP contribution in [-0.2, 0) is 11.0 Å². The first-order chi connectivity index (χ1) is 5.72. The van der Waals surface area contributed by atoms with E-state index in [9.17, 15) is 8.42 Å². The fourth-order valence-corrected chi connectivity index (χ4v) is 1.04. The van der Waals surface area contributed by atoms with E-state index in [1.807, 2.05) is 0 Å². The van der Waals surface area contributed by atoms with Crippen molar-refractivity contribution in [1.82, 2.24) is 6.15 Å². The van der Waals surface area contributed by atoms with Crippen molar-refractivity contribution in [3.05, 3.63) is 36.4 Å². The number of rotatable bonds is 3. The van der Waals surface area contributed by atoms with E-state index in [1.54, 1.807) is 30.3 Å². The smallest absolute Gasteiger partial charge is 0.299 e. The van der Waals surface area contributed by atoms with E-state index in [0.717, 1.165) is 5.56 Å². The van der Waals surface area contributed by atoms with Crippen LogP contribution in [0.2, 0.25) is 0 Å². The van der Waals surface area contributed by atoms with Crippen LogP contribution in [0.4, 0.5) is 0 Å². The molecule has 0 aliphatic rings. The van der Waals surface area contributed by atoms with Gasteiger partial charge in [0, 0.05) is 0 Å². The van der Waals surface area contributed by atoms with Crippen molar-refractivity contribution in [3.8, 4) is 5.75 Å². The monoisotopic (exact) mass is 201 g/mol. The molecule has 0 atom stereocenters. The maximum absolute atomic E-state index is 10.1. The van der Waals surface area contributed by atoms with Gasteiger partial charge in [-0.2, -0.15) is 8.42 Å². The van der Waals surface area contributed by atoms with Gasteiger partial charge in [-0.3, -0.25) is 0 Å². The molecule has 3 N–H and O–H groups in total. The molecular weight excluding hydrogens is 190 g/mol. The Morgan fingerprint density at radius 3 is 2.15 bits per heavy atom. The summed E-state index contributed by atoms with van der Waals surface area (Å²) in [7, 11) is -2.82. The molecule has 0 unspecified atom stereocenters. The van der Waals surface area contributed by atoms with Crippen molar-refractivity contribution < 1.29 is 12.6 Å². The van der Waals surface area contributed by atoms with Crippen LogP contribution in [0.15, 0.2) is 30.8 Å². The molecule has 5 heteroatoms. The van der Waals surface area contributed by atoms with Crippen LogP contribution in [0.3, 0.4) is 0 Å². The molecule has 72 valence electrons. The number of hydrogen-bond acceptors (Lipinski definition) is 4. The lowest BCUT2D eigenvalue weighted by atomic mass is 10.2. The Bertz CT molecular complexity index is 335. The quantitative estimate of drug-likeness (QED) is 0.724. The third-order valence-electron chi connectivity index (χ3n) is 1.30. The second kappa shape index (κ2) is 5.34. The van der Waals surface area contributed by atoms with Gasteiger partial charge < -0.3 is 10.3 Å². The Kier molecular flexibility index (Phi) is 4.79. The molecule has 0 aliphatic heterocycles. The molecule has 0 saturated carbocycles. The molecule has 0 spiro atoms. The summed E-state index contributed by atoms with van der Waals surface area (Å²) in [5, 5.41) is 0. The molecule has 0 aromatic heterocycles. The summed E-state index contributed by atoms with van der Waals surface area (Å²) in [5.41, 5.74) is 0.920. The lowest BCUT2D eigenvalue weighted by molar-refractivity contribution is 0.510. The zero-order chi connectivity index (χ0) is 8.97. The van der Waals surface area contributed by atoms with Gasteiger partial charge in [0.15, 0.2) is 0 Å². The fourth-order valence-electron chi connectivity index (χ4n) is 0.751. The highest BCUT2D eigenvalue weighted by Gasteiger charge is 1.92. The average Bonchev–Trinajstić information content (AvgIpc) is 2.05. The van der Waals surface area contributed by atoms with Crippen LogP contribution in [0.5, 0.6) is 5.75 Å². The van der Waals surface area contributed by atoms with Crippen LogP contribution in [0.25, 0.3) is 6.08 Å². The minimum Gasteiger partial charge on any atom is -0.384 e. The van der Waals surface area contributed by atoms with E-state index >= 15 is 0 Å². The summed E-state index contributed by atoms with van der Waals surface area (Å²) in [4.78, 5) is 0. The summed E-state index contributed by atoms with van der Waals surface area (Å²) in [6.07, 6.45) is 1.67. The molecule has 0 fully saturated rings. The molecule has 1 aromatic rings. The SMILES string of the molecule is C=Cc1ccc(O[SH](=O)=O)cc1.N. The molecule has 0 radical (unpaired) electrons. The molecular formula is C8H11NO3S. The van der Waals surface area contributed by atoms with Crippen molar-refractivity contribution in [1.29, 1.82) is 0 Å². The van der Waals surface area contributed by atoms with Crippen molar-refractivity contribution in [2.75, 3.05) is 0 Å². The molecule has 0 heterocycles. The van der Waals surface area contributed by atoms with Gasteiger partial charge in [0.1, 0.15) is 5.75 Å². The van der Waals surface area contributed by atoms with Gasteiger partial charge in [0.25, 0.3) is 11.0 Å². The highest BCUT2D eigenvalue weighted by Crippen LogP contribution is 2.12. The van der Waals surface area contributed by atoms with Gasteiger partial charge in [-0.15, -0.1) is 0 Å². The molecule has 0 amide bonds. The Morgan fingerprint density at radius 2 is 1.77 bits per heavy atom. The highest BCUT2D eigenvalue weighted by atomic mass is 32.2. The predicted octanol–water partition coefficient (Wildman–Crippen LogP) is 1.40. The molecule has 1 rings (SSSR count). The van der Waals surface area contributed by atoms with Crippen molar-refractivity contribution >= 4 is 17.1 Å².